The highest BCUT2D eigenvalue weighted by atomic mass is 16.5. The van der Waals surface area contributed by atoms with E-state index >= 15 is 0 Å². The minimum absolute atomic E-state index is 0.100. The molecular formula is C25H27NO2. The molecule has 0 bridgehead atoms. The number of rotatable bonds is 6. The summed E-state index contributed by atoms with van der Waals surface area (Å²) in [4.78, 5) is 2.40. The molecule has 144 valence electrons. The normalized spacial score (nSPS) is 16.6. The fourth-order valence-electron chi connectivity index (χ4n) is 4.16. The Labute approximate surface area is 167 Å². The summed E-state index contributed by atoms with van der Waals surface area (Å²) in [5, 5.41) is 12.3. The van der Waals surface area contributed by atoms with Gasteiger partial charge in [0.1, 0.15) is 5.60 Å². The first-order chi connectivity index (χ1) is 13.8. The highest BCUT2D eigenvalue weighted by molar-refractivity contribution is 5.42. The molecule has 4 rings (SSSR count). The van der Waals surface area contributed by atoms with Crippen molar-refractivity contribution < 1.29 is 9.84 Å². The number of hydrogen-bond donors (Lipinski definition) is 1. The van der Waals surface area contributed by atoms with Gasteiger partial charge in [0, 0.05) is 25.6 Å². The highest BCUT2D eigenvalue weighted by Crippen LogP contribution is 2.43. The smallest absolute Gasteiger partial charge is 0.123 e. The van der Waals surface area contributed by atoms with E-state index < -0.39 is 5.60 Å². The van der Waals surface area contributed by atoms with Crippen LogP contribution in [0.2, 0.25) is 0 Å². The Kier molecular flexibility index (Phi) is 5.87. The lowest BCUT2D eigenvalue weighted by Crippen LogP contribution is -2.45. The molecule has 0 aliphatic carbocycles. The summed E-state index contributed by atoms with van der Waals surface area (Å²) in [7, 11) is 0. The molecule has 1 N–H and O–H groups in total. The van der Waals surface area contributed by atoms with E-state index in [2.05, 4.69) is 29.2 Å². The van der Waals surface area contributed by atoms with Crippen molar-refractivity contribution in [1.29, 1.82) is 0 Å². The van der Waals surface area contributed by atoms with Gasteiger partial charge in [-0.3, -0.25) is 4.90 Å². The van der Waals surface area contributed by atoms with Crippen molar-refractivity contribution in [1.82, 2.24) is 4.90 Å². The van der Waals surface area contributed by atoms with Gasteiger partial charge in [0.05, 0.1) is 13.2 Å². The number of ether oxygens (including phenoxy) is 1. The van der Waals surface area contributed by atoms with Crippen molar-refractivity contribution in [2.24, 2.45) is 0 Å². The quantitative estimate of drug-likeness (QED) is 0.708. The largest absolute Gasteiger partial charge is 0.380 e. The van der Waals surface area contributed by atoms with Gasteiger partial charge in [-0.25, -0.2) is 0 Å². The lowest BCUT2D eigenvalue weighted by atomic mass is 9.72. The summed E-state index contributed by atoms with van der Waals surface area (Å²) >= 11 is 0. The van der Waals surface area contributed by atoms with Crippen LogP contribution in [0.1, 0.15) is 22.6 Å². The third-order valence-electron chi connectivity index (χ3n) is 5.68. The van der Waals surface area contributed by atoms with E-state index in [4.69, 9.17) is 4.74 Å². The summed E-state index contributed by atoms with van der Waals surface area (Å²) < 4.78 is 5.54. The predicted molar refractivity (Wildman–Crippen MR) is 112 cm³/mol. The van der Waals surface area contributed by atoms with Crippen LogP contribution in [0, 0.1) is 0 Å². The minimum atomic E-state index is -1.12. The van der Waals surface area contributed by atoms with Gasteiger partial charge in [0.15, 0.2) is 0 Å². The van der Waals surface area contributed by atoms with Crippen LogP contribution in [-0.4, -0.2) is 42.9 Å². The number of benzene rings is 3. The van der Waals surface area contributed by atoms with Crippen LogP contribution in [0.25, 0.3) is 0 Å². The number of morpholine rings is 1. The molecule has 0 amide bonds. The van der Waals surface area contributed by atoms with Gasteiger partial charge in [-0.15, -0.1) is 0 Å². The van der Waals surface area contributed by atoms with Crippen LogP contribution in [0.3, 0.4) is 0 Å². The second kappa shape index (κ2) is 8.70. The maximum absolute atomic E-state index is 12.3. The first-order valence-electron chi connectivity index (χ1n) is 9.97. The molecule has 1 heterocycles. The van der Waals surface area contributed by atoms with Crippen molar-refractivity contribution in [2.45, 2.75) is 11.5 Å². The fourth-order valence-corrected chi connectivity index (χ4v) is 4.16. The summed E-state index contributed by atoms with van der Waals surface area (Å²) in [6.07, 6.45) is 0. The molecule has 0 spiro atoms. The molecular weight excluding hydrogens is 346 g/mol. The van der Waals surface area contributed by atoms with Crippen LogP contribution in [0.4, 0.5) is 0 Å². The Bertz CT molecular complexity index is 806. The van der Waals surface area contributed by atoms with Crippen molar-refractivity contribution >= 4 is 0 Å². The maximum atomic E-state index is 12.3. The van der Waals surface area contributed by atoms with E-state index in [-0.39, 0.29) is 5.92 Å². The topological polar surface area (TPSA) is 32.7 Å². The zero-order chi connectivity index (χ0) is 19.2. The molecule has 1 saturated heterocycles. The molecule has 3 nitrogen and oxygen atoms in total. The Balaban J connectivity index is 1.83. The summed E-state index contributed by atoms with van der Waals surface area (Å²) in [5.41, 5.74) is 1.86. The monoisotopic (exact) mass is 373 g/mol. The molecule has 28 heavy (non-hydrogen) atoms. The van der Waals surface area contributed by atoms with Crippen LogP contribution in [-0.2, 0) is 10.3 Å². The zero-order valence-corrected chi connectivity index (χ0v) is 16.1. The fraction of sp³-hybridized carbons (Fsp3) is 0.280. The Morgan fingerprint density at radius 1 is 0.750 bits per heavy atom. The maximum Gasteiger partial charge on any atom is 0.123 e. The van der Waals surface area contributed by atoms with Crippen LogP contribution in [0.5, 0.6) is 0 Å². The van der Waals surface area contributed by atoms with E-state index in [1.165, 1.54) is 0 Å². The molecule has 0 aromatic heterocycles. The highest BCUT2D eigenvalue weighted by Gasteiger charge is 2.42. The van der Waals surface area contributed by atoms with Gasteiger partial charge < -0.3 is 9.84 Å². The van der Waals surface area contributed by atoms with E-state index in [0.29, 0.717) is 0 Å². The van der Waals surface area contributed by atoms with Crippen molar-refractivity contribution in [3.05, 3.63) is 108 Å². The predicted octanol–water partition coefficient (Wildman–Crippen LogP) is 4.04. The third-order valence-corrected chi connectivity index (χ3v) is 5.68. The van der Waals surface area contributed by atoms with E-state index in [9.17, 15) is 5.11 Å². The van der Waals surface area contributed by atoms with Gasteiger partial charge in [-0.05, 0) is 16.7 Å². The lowest BCUT2D eigenvalue weighted by Gasteiger charge is -2.41. The standard InChI is InChI=1S/C25H27NO2/c27-25(22-12-6-2-7-13-22,23-14-8-3-9-15-23)24(21-10-4-1-5-11-21)20-26-16-18-28-19-17-26/h1-15,24,27H,16-20H2/t24-/m1/s1. The summed E-state index contributed by atoms with van der Waals surface area (Å²) in [6, 6.07) is 30.5. The SMILES string of the molecule is OC(c1ccccc1)(c1ccccc1)[C@H](CN1CCOCC1)c1ccccc1. The molecule has 0 radical (unpaired) electrons. The first kappa shape index (κ1) is 18.9. The third kappa shape index (κ3) is 3.88. The molecule has 1 aliphatic rings. The Morgan fingerprint density at radius 3 is 1.71 bits per heavy atom. The van der Waals surface area contributed by atoms with Crippen molar-refractivity contribution in [3.63, 3.8) is 0 Å². The van der Waals surface area contributed by atoms with Gasteiger partial charge in [-0.2, -0.15) is 0 Å². The minimum Gasteiger partial charge on any atom is -0.380 e. The number of aliphatic hydroxyl groups is 1. The molecule has 3 aromatic carbocycles. The van der Waals surface area contributed by atoms with Crippen LogP contribution < -0.4 is 0 Å². The van der Waals surface area contributed by atoms with E-state index in [1.54, 1.807) is 0 Å². The van der Waals surface area contributed by atoms with Gasteiger partial charge in [0.2, 0.25) is 0 Å². The molecule has 0 unspecified atom stereocenters. The van der Waals surface area contributed by atoms with Crippen molar-refractivity contribution in [2.75, 3.05) is 32.8 Å². The second-order valence-electron chi connectivity index (χ2n) is 7.37. The van der Waals surface area contributed by atoms with Crippen LogP contribution in [0.15, 0.2) is 91.0 Å². The van der Waals surface area contributed by atoms with Gasteiger partial charge in [0.25, 0.3) is 0 Å². The average molecular weight is 373 g/mol. The first-order valence-corrected chi connectivity index (χ1v) is 9.97. The molecule has 1 aliphatic heterocycles. The van der Waals surface area contributed by atoms with Gasteiger partial charge in [-0.1, -0.05) is 91.0 Å². The zero-order valence-electron chi connectivity index (χ0n) is 16.1. The van der Waals surface area contributed by atoms with E-state index in [0.717, 1.165) is 49.5 Å². The second-order valence-corrected chi connectivity index (χ2v) is 7.37. The number of nitrogens with zero attached hydrogens (tertiary/aromatic N) is 1. The Hall–Kier alpha value is -2.46. The molecule has 0 saturated carbocycles. The van der Waals surface area contributed by atoms with Crippen molar-refractivity contribution in [3.8, 4) is 0 Å². The molecule has 3 heteroatoms. The van der Waals surface area contributed by atoms with E-state index in [1.807, 2.05) is 66.7 Å². The number of hydrogen-bond acceptors (Lipinski definition) is 3. The summed E-state index contributed by atoms with van der Waals surface area (Å²) in [6.45, 7) is 4.05. The summed E-state index contributed by atoms with van der Waals surface area (Å²) in [5.74, 6) is -0.100. The van der Waals surface area contributed by atoms with Crippen LogP contribution >= 0.6 is 0 Å². The lowest BCUT2D eigenvalue weighted by molar-refractivity contribution is 0.000768. The molecule has 3 aromatic rings. The Morgan fingerprint density at radius 2 is 1.21 bits per heavy atom. The van der Waals surface area contributed by atoms with Gasteiger partial charge >= 0.3 is 0 Å². The molecule has 1 atom stereocenters. The molecule has 1 fully saturated rings. The average Bonchev–Trinajstić information content (AvgIpc) is 2.79.